The maximum absolute atomic E-state index is 9.44. The number of hydrogen-bond acceptors (Lipinski definition) is 3. The molecule has 3 heteroatoms. The molecule has 0 saturated carbocycles. The second-order valence-corrected chi connectivity index (χ2v) is 5.48. The van der Waals surface area contributed by atoms with Gasteiger partial charge >= 0.3 is 0 Å². The number of aliphatic hydroxyl groups excluding tert-OH is 1. The zero-order valence-electron chi connectivity index (χ0n) is 10.1. The Morgan fingerprint density at radius 1 is 1.11 bits per heavy atom. The first-order chi connectivity index (χ1) is 8.79. The normalized spacial score (nSPS) is 11.0. The zero-order chi connectivity index (χ0) is 12.5. The third kappa shape index (κ3) is 1.82. The van der Waals surface area contributed by atoms with E-state index in [2.05, 4.69) is 29.2 Å². The van der Waals surface area contributed by atoms with Crippen molar-refractivity contribution in [3.05, 3.63) is 52.3 Å². The Kier molecular flexibility index (Phi) is 2.86. The number of hydrogen-bond donors (Lipinski definition) is 1. The monoisotopic (exact) mass is 255 g/mol. The van der Waals surface area contributed by atoms with Crippen molar-refractivity contribution in [1.82, 2.24) is 4.98 Å². The van der Waals surface area contributed by atoms with Crippen molar-refractivity contribution in [2.75, 3.05) is 0 Å². The van der Waals surface area contributed by atoms with Crippen LogP contribution >= 0.6 is 11.3 Å². The molecule has 0 amide bonds. The van der Waals surface area contributed by atoms with Crippen LogP contribution in [0.5, 0.6) is 0 Å². The predicted octanol–water partition coefficient (Wildman–Crippen LogP) is 3.76. The summed E-state index contributed by atoms with van der Waals surface area (Å²) in [4.78, 5) is 5.49. The van der Waals surface area contributed by atoms with E-state index in [1.165, 1.54) is 10.8 Å². The Labute approximate surface area is 110 Å². The summed E-state index contributed by atoms with van der Waals surface area (Å²) in [6, 6.07) is 14.5. The molecular formula is C15H13NOS. The van der Waals surface area contributed by atoms with Crippen LogP contribution in [0, 0.1) is 6.92 Å². The molecule has 0 aliphatic rings. The van der Waals surface area contributed by atoms with Gasteiger partial charge in [0.2, 0.25) is 0 Å². The van der Waals surface area contributed by atoms with Crippen LogP contribution in [0.1, 0.15) is 9.88 Å². The maximum Gasteiger partial charge on any atom is 0.0905 e. The molecule has 3 aromatic rings. The van der Waals surface area contributed by atoms with E-state index >= 15 is 0 Å². The molecule has 3 rings (SSSR count). The Balaban J connectivity index is 2.31. The fraction of sp³-hybridized carbons (Fsp3) is 0.133. The van der Waals surface area contributed by atoms with Crippen molar-refractivity contribution < 1.29 is 5.11 Å². The fourth-order valence-electron chi connectivity index (χ4n) is 2.22. The summed E-state index contributed by atoms with van der Waals surface area (Å²) in [5.74, 6) is 0. The SMILES string of the molecule is Cc1nc(-c2cccc3ccccc23)c(CO)s1. The van der Waals surface area contributed by atoms with Crippen molar-refractivity contribution in [2.24, 2.45) is 0 Å². The lowest BCUT2D eigenvalue weighted by Gasteiger charge is -2.05. The molecule has 0 radical (unpaired) electrons. The van der Waals surface area contributed by atoms with Crippen LogP contribution in [0.2, 0.25) is 0 Å². The van der Waals surface area contributed by atoms with E-state index in [9.17, 15) is 5.11 Å². The average Bonchev–Trinajstić information content (AvgIpc) is 2.79. The van der Waals surface area contributed by atoms with Gasteiger partial charge in [-0.25, -0.2) is 4.98 Å². The van der Waals surface area contributed by atoms with E-state index < -0.39 is 0 Å². The number of aliphatic hydroxyl groups is 1. The van der Waals surface area contributed by atoms with E-state index in [1.54, 1.807) is 11.3 Å². The lowest BCUT2D eigenvalue weighted by molar-refractivity contribution is 0.286. The first-order valence-corrected chi connectivity index (χ1v) is 6.66. The molecule has 0 aliphatic carbocycles. The number of nitrogens with zero attached hydrogens (tertiary/aromatic N) is 1. The Morgan fingerprint density at radius 2 is 1.89 bits per heavy atom. The number of benzene rings is 2. The van der Waals surface area contributed by atoms with Gasteiger partial charge in [-0.2, -0.15) is 0 Å². The number of aromatic nitrogens is 1. The molecule has 1 heterocycles. The molecule has 0 bridgehead atoms. The topological polar surface area (TPSA) is 33.1 Å². The van der Waals surface area contributed by atoms with Crippen LogP contribution in [0.25, 0.3) is 22.0 Å². The van der Waals surface area contributed by atoms with Crippen LogP contribution in [0.4, 0.5) is 0 Å². The van der Waals surface area contributed by atoms with Crippen molar-refractivity contribution in [1.29, 1.82) is 0 Å². The third-order valence-electron chi connectivity index (χ3n) is 2.99. The van der Waals surface area contributed by atoms with Gasteiger partial charge < -0.3 is 5.11 Å². The fourth-order valence-corrected chi connectivity index (χ4v) is 3.03. The van der Waals surface area contributed by atoms with Gasteiger partial charge in [0.05, 0.1) is 22.2 Å². The van der Waals surface area contributed by atoms with E-state index in [4.69, 9.17) is 0 Å². The van der Waals surface area contributed by atoms with Crippen molar-refractivity contribution in [3.63, 3.8) is 0 Å². The molecule has 90 valence electrons. The lowest BCUT2D eigenvalue weighted by Crippen LogP contribution is -1.87. The summed E-state index contributed by atoms with van der Waals surface area (Å²) in [6.45, 7) is 2.02. The van der Waals surface area contributed by atoms with Gasteiger partial charge in [-0.15, -0.1) is 11.3 Å². The molecular weight excluding hydrogens is 242 g/mol. The van der Waals surface area contributed by atoms with Crippen LogP contribution < -0.4 is 0 Å². The lowest BCUT2D eigenvalue weighted by atomic mass is 10.0. The second-order valence-electron chi connectivity index (χ2n) is 4.19. The van der Waals surface area contributed by atoms with Crippen LogP contribution in [0.3, 0.4) is 0 Å². The van der Waals surface area contributed by atoms with Gasteiger partial charge in [-0.1, -0.05) is 42.5 Å². The van der Waals surface area contributed by atoms with Gasteiger partial charge in [-0.05, 0) is 17.7 Å². The van der Waals surface area contributed by atoms with Crippen molar-refractivity contribution in [2.45, 2.75) is 13.5 Å². The number of fused-ring (bicyclic) bond motifs is 1. The molecule has 0 saturated heterocycles. The Bertz CT molecular complexity index is 697. The minimum absolute atomic E-state index is 0.0457. The van der Waals surface area contributed by atoms with Crippen molar-refractivity contribution in [3.8, 4) is 11.3 Å². The van der Waals surface area contributed by atoms with Gasteiger partial charge in [0.25, 0.3) is 0 Å². The number of aryl methyl sites for hydroxylation is 1. The van der Waals surface area contributed by atoms with Gasteiger partial charge in [-0.3, -0.25) is 0 Å². The van der Waals surface area contributed by atoms with Crippen LogP contribution in [0.15, 0.2) is 42.5 Å². The van der Waals surface area contributed by atoms with E-state index in [1.807, 2.05) is 25.1 Å². The molecule has 0 unspecified atom stereocenters. The molecule has 0 spiro atoms. The molecule has 1 aromatic heterocycles. The highest BCUT2D eigenvalue weighted by Gasteiger charge is 2.12. The maximum atomic E-state index is 9.44. The molecule has 18 heavy (non-hydrogen) atoms. The van der Waals surface area contributed by atoms with Gasteiger partial charge in [0.15, 0.2) is 0 Å². The zero-order valence-corrected chi connectivity index (χ0v) is 10.9. The smallest absolute Gasteiger partial charge is 0.0905 e. The molecule has 2 aromatic carbocycles. The standard InChI is InChI=1S/C15H13NOS/c1-10-16-15(14(9-17)18-10)13-8-4-6-11-5-2-3-7-12(11)13/h2-8,17H,9H2,1H3. The minimum Gasteiger partial charge on any atom is -0.391 e. The highest BCUT2D eigenvalue weighted by molar-refractivity contribution is 7.12. The average molecular weight is 255 g/mol. The number of thiazole rings is 1. The Hall–Kier alpha value is -1.71. The first kappa shape index (κ1) is 11.4. The summed E-state index contributed by atoms with van der Waals surface area (Å²) in [7, 11) is 0. The summed E-state index contributed by atoms with van der Waals surface area (Å²) in [5, 5.41) is 12.8. The van der Waals surface area contributed by atoms with Crippen LogP contribution in [-0.2, 0) is 6.61 Å². The van der Waals surface area contributed by atoms with E-state index in [0.29, 0.717) is 0 Å². The molecule has 0 atom stereocenters. The van der Waals surface area contributed by atoms with Gasteiger partial charge in [0.1, 0.15) is 0 Å². The predicted molar refractivity (Wildman–Crippen MR) is 75.7 cm³/mol. The summed E-state index contributed by atoms with van der Waals surface area (Å²) in [6.07, 6.45) is 0. The molecule has 2 nitrogen and oxygen atoms in total. The van der Waals surface area contributed by atoms with Gasteiger partial charge in [0, 0.05) is 5.56 Å². The first-order valence-electron chi connectivity index (χ1n) is 5.85. The minimum atomic E-state index is 0.0457. The highest BCUT2D eigenvalue weighted by Crippen LogP contribution is 2.33. The summed E-state index contributed by atoms with van der Waals surface area (Å²) < 4.78 is 0. The van der Waals surface area contributed by atoms with Crippen LogP contribution in [-0.4, -0.2) is 10.1 Å². The Morgan fingerprint density at radius 3 is 2.72 bits per heavy atom. The summed E-state index contributed by atoms with van der Waals surface area (Å²) in [5.41, 5.74) is 2.01. The summed E-state index contributed by atoms with van der Waals surface area (Å²) >= 11 is 1.56. The second kappa shape index (κ2) is 4.52. The third-order valence-corrected chi connectivity index (χ3v) is 3.95. The number of rotatable bonds is 2. The quantitative estimate of drug-likeness (QED) is 0.756. The van der Waals surface area contributed by atoms with E-state index in [-0.39, 0.29) is 6.61 Å². The molecule has 0 aliphatic heterocycles. The van der Waals surface area contributed by atoms with E-state index in [0.717, 1.165) is 21.1 Å². The molecule has 0 fully saturated rings. The largest absolute Gasteiger partial charge is 0.391 e. The van der Waals surface area contributed by atoms with Crippen molar-refractivity contribution >= 4 is 22.1 Å². The molecule has 1 N–H and O–H groups in total. The highest BCUT2D eigenvalue weighted by atomic mass is 32.1.